The Hall–Kier alpha value is -0.615. The van der Waals surface area contributed by atoms with Gasteiger partial charge in [0.05, 0.1) is 0 Å². The Morgan fingerprint density at radius 3 is 2.50 bits per heavy atom. The number of aromatic nitrogens is 1. The highest BCUT2D eigenvalue weighted by molar-refractivity contribution is 6.77. The average molecular weight is 240 g/mol. The molecule has 3 fully saturated rings. The van der Waals surface area contributed by atoms with E-state index in [0.717, 1.165) is 0 Å². The number of fused-ring (bicyclic) bond motifs is 3. The van der Waals surface area contributed by atoms with E-state index in [0.29, 0.717) is 30.4 Å². The zero-order chi connectivity index (χ0) is 11.2. The fourth-order valence-corrected chi connectivity index (χ4v) is 2.35. The van der Waals surface area contributed by atoms with Crippen LogP contribution in [0, 0.1) is 5.41 Å². The minimum absolute atomic E-state index is 0.0369. The van der Waals surface area contributed by atoms with E-state index in [1.54, 1.807) is 18.3 Å². The molecule has 0 aliphatic carbocycles. The molecule has 4 rings (SSSR count). The Balaban J connectivity index is 1.99. The van der Waals surface area contributed by atoms with Crippen LogP contribution in [0.5, 0.6) is 0 Å². The first-order valence-electron chi connectivity index (χ1n) is 5.30. The molecule has 0 atom stereocenters. The third-order valence-corrected chi connectivity index (χ3v) is 3.40. The maximum Gasteiger partial charge on any atom is 0.429 e. The van der Waals surface area contributed by atoms with Crippen LogP contribution in [-0.2, 0) is 14.0 Å². The van der Waals surface area contributed by atoms with Crippen molar-refractivity contribution in [3.05, 3.63) is 23.4 Å². The molecular formula is C10H12BClNO3-. The van der Waals surface area contributed by atoms with E-state index in [-0.39, 0.29) is 5.41 Å². The van der Waals surface area contributed by atoms with Crippen molar-refractivity contribution in [1.29, 1.82) is 0 Å². The molecule has 2 bridgehead atoms. The standard InChI is InChI=1S/C10H12BClNO3/c1-10-5-14-11(15-6-10,16-7-10)9-8(12)3-2-4-13-9/h2-4H,5-7H2,1H3/q-1. The fourth-order valence-electron chi connectivity index (χ4n) is 2.10. The molecule has 6 heteroatoms. The summed E-state index contributed by atoms with van der Waals surface area (Å²) in [4.78, 5) is 4.21. The lowest BCUT2D eigenvalue weighted by molar-refractivity contribution is -0.119. The van der Waals surface area contributed by atoms with Gasteiger partial charge in [-0.15, -0.1) is 0 Å². The maximum atomic E-state index is 6.09. The predicted octanol–water partition coefficient (Wildman–Crippen LogP) is 0.964. The molecule has 3 aliphatic rings. The molecule has 86 valence electrons. The molecule has 0 saturated carbocycles. The lowest BCUT2D eigenvalue weighted by atomic mass is 9.67. The molecule has 1 aromatic heterocycles. The van der Waals surface area contributed by atoms with Gasteiger partial charge < -0.3 is 14.0 Å². The molecule has 0 spiro atoms. The maximum absolute atomic E-state index is 6.09. The van der Waals surface area contributed by atoms with E-state index in [2.05, 4.69) is 11.9 Å². The second-order valence-electron chi connectivity index (χ2n) is 4.76. The minimum atomic E-state index is -1.92. The van der Waals surface area contributed by atoms with Gasteiger partial charge in [0, 0.05) is 36.5 Å². The second-order valence-corrected chi connectivity index (χ2v) is 5.16. The highest BCUT2D eigenvalue weighted by Crippen LogP contribution is 2.35. The van der Waals surface area contributed by atoms with Crippen molar-refractivity contribution >= 4 is 23.9 Å². The number of nitrogens with zero attached hydrogens (tertiary/aromatic N) is 1. The van der Waals surface area contributed by atoms with Crippen LogP contribution < -0.4 is 5.59 Å². The number of halogens is 1. The zero-order valence-corrected chi connectivity index (χ0v) is 9.74. The van der Waals surface area contributed by atoms with E-state index in [1.165, 1.54) is 0 Å². The first-order chi connectivity index (χ1) is 7.64. The lowest BCUT2D eigenvalue weighted by Gasteiger charge is -2.57. The van der Waals surface area contributed by atoms with Crippen molar-refractivity contribution in [2.75, 3.05) is 19.8 Å². The summed E-state index contributed by atoms with van der Waals surface area (Å²) < 4.78 is 17.1. The van der Waals surface area contributed by atoms with Crippen LogP contribution in [0.15, 0.2) is 18.3 Å². The molecule has 16 heavy (non-hydrogen) atoms. The summed E-state index contributed by atoms with van der Waals surface area (Å²) in [5.74, 6) is 0. The van der Waals surface area contributed by atoms with Gasteiger partial charge in [-0.3, -0.25) is 4.98 Å². The van der Waals surface area contributed by atoms with E-state index in [9.17, 15) is 0 Å². The zero-order valence-electron chi connectivity index (χ0n) is 8.98. The first-order valence-corrected chi connectivity index (χ1v) is 5.68. The predicted molar refractivity (Wildman–Crippen MR) is 60.6 cm³/mol. The molecule has 0 N–H and O–H groups in total. The van der Waals surface area contributed by atoms with Crippen LogP contribution in [0.25, 0.3) is 0 Å². The Morgan fingerprint density at radius 1 is 1.31 bits per heavy atom. The van der Waals surface area contributed by atoms with Crippen LogP contribution in [0.2, 0.25) is 5.02 Å². The summed E-state index contributed by atoms with van der Waals surface area (Å²) in [6, 6.07) is 3.53. The molecule has 3 aliphatic heterocycles. The lowest BCUT2D eigenvalue weighted by Crippen LogP contribution is -2.69. The van der Waals surface area contributed by atoms with Crippen molar-refractivity contribution in [2.24, 2.45) is 5.41 Å². The van der Waals surface area contributed by atoms with Crippen molar-refractivity contribution in [3.63, 3.8) is 0 Å². The Bertz CT molecular complexity index is 404. The third-order valence-electron chi connectivity index (χ3n) is 3.08. The first kappa shape index (κ1) is 10.5. The van der Waals surface area contributed by atoms with Crippen molar-refractivity contribution in [3.8, 4) is 0 Å². The molecule has 0 aromatic carbocycles. The third kappa shape index (κ3) is 1.47. The molecular weight excluding hydrogens is 228 g/mol. The van der Waals surface area contributed by atoms with Gasteiger partial charge in [-0.1, -0.05) is 18.5 Å². The van der Waals surface area contributed by atoms with Crippen LogP contribution in [-0.4, -0.2) is 31.6 Å². The summed E-state index contributed by atoms with van der Waals surface area (Å²) in [6.07, 6.45) is 1.66. The van der Waals surface area contributed by atoms with Crippen LogP contribution >= 0.6 is 11.6 Å². The number of rotatable bonds is 1. The summed E-state index contributed by atoms with van der Waals surface area (Å²) in [5.41, 5.74) is 0.524. The Morgan fingerprint density at radius 2 is 1.94 bits per heavy atom. The van der Waals surface area contributed by atoms with Gasteiger partial charge >= 0.3 is 6.75 Å². The van der Waals surface area contributed by atoms with Gasteiger partial charge in [-0.05, 0) is 17.7 Å². The van der Waals surface area contributed by atoms with Crippen LogP contribution in [0.1, 0.15) is 6.92 Å². The monoisotopic (exact) mass is 240 g/mol. The average Bonchev–Trinajstić information content (AvgIpc) is 2.31. The number of pyridine rings is 1. The van der Waals surface area contributed by atoms with Gasteiger partial charge in [0.1, 0.15) is 0 Å². The van der Waals surface area contributed by atoms with Gasteiger partial charge in [0.2, 0.25) is 0 Å². The van der Waals surface area contributed by atoms with Crippen LogP contribution in [0.4, 0.5) is 0 Å². The highest BCUT2D eigenvalue weighted by atomic mass is 35.5. The van der Waals surface area contributed by atoms with E-state index < -0.39 is 6.75 Å². The molecule has 4 nitrogen and oxygen atoms in total. The molecule has 3 saturated heterocycles. The molecule has 0 radical (unpaired) electrons. The van der Waals surface area contributed by atoms with Crippen LogP contribution in [0.3, 0.4) is 0 Å². The summed E-state index contributed by atoms with van der Waals surface area (Å²) in [5, 5.41) is 0.521. The van der Waals surface area contributed by atoms with E-state index >= 15 is 0 Å². The Labute approximate surface area is 98.9 Å². The van der Waals surface area contributed by atoms with Crippen molar-refractivity contribution in [2.45, 2.75) is 6.92 Å². The van der Waals surface area contributed by atoms with Crippen molar-refractivity contribution in [1.82, 2.24) is 4.98 Å². The summed E-state index contributed by atoms with van der Waals surface area (Å²) in [7, 11) is 0. The molecule has 1 aromatic rings. The molecule has 0 amide bonds. The van der Waals surface area contributed by atoms with Gasteiger partial charge in [-0.2, -0.15) is 0 Å². The van der Waals surface area contributed by atoms with E-state index in [1.807, 2.05) is 0 Å². The topological polar surface area (TPSA) is 40.6 Å². The van der Waals surface area contributed by atoms with Gasteiger partial charge in [-0.25, -0.2) is 0 Å². The number of hydrogen-bond acceptors (Lipinski definition) is 4. The van der Waals surface area contributed by atoms with Gasteiger partial charge in [0.25, 0.3) is 0 Å². The smallest absolute Gasteiger partial charge is 0.429 e. The summed E-state index contributed by atoms with van der Waals surface area (Å²) >= 11 is 6.09. The Kier molecular flexibility index (Phi) is 2.26. The molecule has 4 heterocycles. The molecule has 0 unspecified atom stereocenters. The second kappa shape index (κ2) is 3.44. The normalized spacial score (nSPS) is 37.6. The quantitative estimate of drug-likeness (QED) is 0.686. The van der Waals surface area contributed by atoms with Gasteiger partial charge in [0.15, 0.2) is 0 Å². The van der Waals surface area contributed by atoms with Crippen molar-refractivity contribution < 1.29 is 14.0 Å². The minimum Gasteiger partial charge on any atom is -0.539 e. The SMILES string of the molecule is CC12CO[B-](c3ncccc3Cl)(OC1)OC2. The highest BCUT2D eigenvalue weighted by Gasteiger charge is 2.48. The van der Waals surface area contributed by atoms with E-state index in [4.69, 9.17) is 25.6 Å². The largest absolute Gasteiger partial charge is 0.539 e. The fraction of sp³-hybridized carbons (Fsp3) is 0.500. The number of hydrogen-bond donors (Lipinski definition) is 0. The summed E-state index contributed by atoms with van der Waals surface area (Å²) in [6.45, 7) is 2.03.